The third-order valence-corrected chi connectivity index (χ3v) is 4.52. The van der Waals surface area contributed by atoms with Crippen molar-refractivity contribution in [3.05, 3.63) is 29.6 Å². The predicted molar refractivity (Wildman–Crippen MR) is 90.3 cm³/mol. The zero-order valence-electron chi connectivity index (χ0n) is 13.9. The molecule has 0 unspecified atom stereocenters. The molecule has 0 saturated carbocycles. The SMILES string of the molecule is CCSc1cc(CC#N)cnc1-c1nc2cc(C(F)(F)F)nnc2n1C. The summed E-state index contributed by atoms with van der Waals surface area (Å²) in [6, 6.07) is 4.80. The van der Waals surface area contributed by atoms with E-state index in [0.717, 1.165) is 22.3 Å². The summed E-state index contributed by atoms with van der Waals surface area (Å²) < 4.78 is 40.1. The van der Waals surface area contributed by atoms with Crippen LogP contribution in [0.3, 0.4) is 0 Å². The summed E-state index contributed by atoms with van der Waals surface area (Å²) in [6.07, 6.45) is -2.78. The monoisotopic (exact) mass is 378 g/mol. The average molecular weight is 378 g/mol. The van der Waals surface area contributed by atoms with Crippen LogP contribution in [0.2, 0.25) is 0 Å². The lowest BCUT2D eigenvalue weighted by molar-refractivity contribution is -0.141. The van der Waals surface area contributed by atoms with Gasteiger partial charge in [-0.05, 0) is 17.4 Å². The summed E-state index contributed by atoms with van der Waals surface area (Å²) in [4.78, 5) is 9.49. The van der Waals surface area contributed by atoms with Crippen molar-refractivity contribution in [3.63, 3.8) is 0 Å². The predicted octanol–water partition coefficient (Wildman–Crippen LogP) is 3.62. The number of rotatable bonds is 4. The molecule has 26 heavy (non-hydrogen) atoms. The summed E-state index contributed by atoms with van der Waals surface area (Å²) in [6.45, 7) is 1.97. The number of nitriles is 1. The van der Waals surface area contributed by atoms with E-state index in [1.165, 1.54) is 11.8 Å². The number of aromatic nitrogens is 5. The Morgan fingerprint density at radius 3 is 2.69 bits per heavy atom. The van der Waals surface area contributed by atoms with Gasteiger partial charge in [-0.2, -0.15) is 18.4 Å². The van der Waals surface area contributed by atoms with Gasteiger partial charge in [0.25, 0.3) is 0 Å². The van der Waals surface area contributed by atoms with Crippen LogP contribution in [-0.2, 0) is 19.6 Å². The average Bonchev–Trinajstić information content (AvgIpc) is 2.91. The molecule has 0 N–H and O–H groups in total. The number of pyridine rings is 1. The van der Waals surface area contributed by atoms with Gasteiger partial charge in [0.15, 0.2) is 17.2 Å². The highest BCUT2D eigenvalue weighted by atomic mass is 32.2. The lowest BCUT2D eigenvalue weighted by Gasteiger charge is -2.08. The van der Waals surface area contributed by atoms with Crippen molar-refractivity contribution in [2.45, 2.75) is 24.4 Å². The molecule has 0 aliphatic carbocycles. The Balaban J connectivity index is 2.16. The van der Waals surface area contributed by atoms with Gasteiger partial charge in [0.05, 0.1) is 12.5 Å². The zero-order valence-corrected chi connectivity index (χ0v) is 14.7. The molecule has 3 rings (SSSR count). The van der Waals surface area contributed by atoms with Crippen LogP contribution >= 0.6 is 11.8 Å². The fourth-order valence-electron chi connectivity index (χ4n) is 2.44. The number of thioether (sulfide) groups is 1. The molecule has 0 atom stereocenters. The summed E-state index contributed by atoms with van der Waals surface area (Å²) in [5.41, 5.74) is 0.552. The maximum atomic E-state index is 12.8. The second-order valence-electron chi connectivity index (χ2n) is 5.39. The number of halogens is 3. The first-order valence-electron chi connectivity index (χ1n) is 7.61. The van der Waals surface area contributed by atoms with Gasteiger partial charge in [-0.1, -0.05) is 6.92 Å². The van der Waals surface area contributed by atoms with Crippen LogP contribution in [-0.4, -0.2) is 30.5 Å². The summed E-state index contributed by atoms with van der Waals surface area (Å²) >= 11 is 1.52. The van der Waals surface area contributed by atoms with Crippen molar-refractivity contribution in [2.75, 3.05) is 5.75 Å². The van der Waals surface area contributed by atoms with Crippen LogP contribution in [0.15, 0.2) is 23.2 Å². The van der Waals surface area contributed by atoms with Gasteiger partial charge in [-0.15, -0.1) is 22.0 Å². The third-order valence-electron chi connectivity index (χ3n) is 3.61. The minimum atomic E-state index is -4.58. The molecule has 0 radical (unpaired) electrons. The quantitative estimate of drug-likeness (QED) is 0.645. The lowest BCUT2D eigenvalue weighted by Crippen LogP contribution is -2.09. The van der Waals surface area contributed by atoms with Crippen LogP contribution in [0.1, 0.15) is 18.2 Å². The molecule has 0 spiro atoms. The highest BCUT2D eigenvalue weighted by molar-refractivity contribution is 7.99. The Labute approximate surface area is 151 Å². The van der Waals surface area contributed by atoms with E-state index in [-0.39, 0.29) is 17.6 Å². The van der Waals surface area contributed by atoms with Crippen LogP contribution in [0.5, 0.6) is 0 Å². The van der Waals surface area contributed by atoms with Crippen LogP contribution in [0, 0.1) is 11.3 Å². The number of imidazole rings is 1. The Bertz CT molecular complexity index is 1010. The second-order valence-corrected chi connectivity index (χ2v) is 6.69. The van der Waals surface area contributed by atoms with E-state index in [1.807, 2.05) is 13.0 Å². The molecule has 3 heterocycles. The molecule has 6 nitrogen and oxygen atoms in total. The van der Waals surface area contributed by atoms with Crippen LogP contribution in [0.4, 0.5) is 13.2 Å². The summed E-state index contributed by atoms with van der Waals surface area (Å²) in [7, 11) is 1.65. The molecular formula is C16H13F3N6S. The number of nitrogens with zero attached hydrogens (tertiary/aromatic N) is 6. The summed E-state index contributed by atoms with van der Waals surface area (Å²) in [5.74, 6) is 1.17. The molecular weight excluding hydrogens is 365 g/mol. The first-order chi connectivity index (χ1) is 12.3. The molecule has 0 saturated heterocycles. The van der Waals surface area contributed by atoms with Gasteiger partial charge in [0.2, 0.25) is 0 Å². The van der Waals surface area contributed by atoms with E-state index in [2.05, 4.69) is 26.2 Å². The maximum absolute atomic E-state index is 12.8. The standard InChI is InChI=1S/C16H13F3N6S/c1-3-26-11-6-9(4-5-20)8-21-13(11)15-22-10-7-12(16(17,18)19)23-24-14(10)25(15)2/h6-8H,3-4H2,1-2H3. The third kappa shape index (κ3) is 3.35. The Morgan fingerprint density at radius 1 is 1.27 bits per heavy atom. The second kappa shape index (κ2) is 6.92. The number of hydrogen-bond donors (Lipinski definition) is 0. The first kappa shape index (κ1) is 18.1. The summed E-state index contributed by atoms with van der Waals surface area (Å²) in [5, 5.41) is 15.8. The topological polar surface area (TPSA) is 80.3 Å². The highest BCUT2D eigenvalue weighted by Crippen LogP contribution is 2.33. The van der Waals surface area contributed by atoms with Crippen molar-refractivity contribution in [1.82, 2.24) is 24.7 Å². The fraction of sp³-hybridized carbons (Fsp3) is 0.312. The van der Waals surface area contributed by atoms with Crippen LogP contribution < -0.4 is 0 Å². The van der Waals surface area contributed by atoms with Gasteiger partial charge >= 0.3 is 6.18 Å². The molecule has 0 aromatic carbocycles. The molecule has 0 aliphatic rings. The molecule has 0 amide bonds. The number of alkyl halides is 3. The number of fused-ring (bicyclic) bond motifs is 1. The van der Waals surface area contributed by atoms with Gasteiger partial charge in [0, 0.05) is 24.2 Å². The van der Waals surface area contributed by atoms with Gasteiger partial charge in [-0.3, -0.25) is 4.98 Å². The normalized spacial score (nSPS) is 11.7. The number of aryl methyl sites for hydroxylation is 1. The zero-order chi connectivity index (χ0) is 18.9. The molecule has 3 aromatic heterocycles. The minimum absolute atomic E-state index is 0.0974. The fourth-order valence-corrected chi connectivity index (χ4v) is 3.27. The Kier molecular flexibility index (Phi) is 4.82. The van der Waals surface area contributed by atoms with E-state index < -0.39 is 11.9 Å². The molecule has 3 aromatic rings. The molecule has 0 bridgehead atoms. The Morgan fingerprint density at radius 2 is 2.04 bits per heavy atom. The molecule has 134 valence electrons. The van der Waals surface area contributed by atoms with Crippen molar-refractivity contribution < 1.29 is 13.2 Å². The Hall–Kier alpha value is -2.67. The van der Waals surface area contributed by atoms with Crippen LogP contribution in [0.25, 0.3) is 22.7 Å². The van der Waals surface area contributed by atoms with Crippen molar-refractivity contribution in [3.8, 4) is 17.6 Å². The molecule has 0 aliphatic heterocycles. The van der Waals surface area contributed by atoms with Crippen molar-refractivity contribution >= 4 is 22.9 Å². The van der Waals surface area contributed by atoms with Crippen molar-refractivity contribution in [1.29, 1.82) is 5.26 Å². The van der Waals surface area contributed by atoms with Gasteiger partial charge in [-0.25, -0.2) is 4.98 Å². The molecule has 10 heteroatoms. The maximum Gasteiger partial charge on any atom is 0.435 e. The largest absolute Gasteiger partial charge is 0.435 e. The first-order valence-corrected chi connectivity index (χ1v) is 8.60. The van der Waals surface area contributed by atoms with E-state index in [4.69, 9.17) is 5.26 Å². The minimum Gasteiger partial charge on any atom is -0.309 e. The highest BCUT2D eigenvalue weighted by Gasteiger charge is 2.34. The lowest BCUT2D eigenvalue weighted by atomic mass is 10.2. The van der Waals surface area contributed by atoms with Gasteiger partial charge in [0.1, 0.15) is 11.2 Å². The molecule has 0 fully saturated rings. The van der Waals surface area contributed by atoms with Gasteiger partial charge < -0.3 is 4.57 Å². The van der Waals surface area contributed by atoms with E-state index >= 15 is 0 Å². The number of hydrogen-bond acceptors (Lipinski definition) is 6. The van der Waals surface area contributed by atoms with E-state index in [9.17, 15) is 13.2 Å². The van der Waals surface area contributed by atoms with E-state index in [0.29, 0.717) is 11.5 Å². The van der Waals surface area contributed by atoms with Crippen molar-refractivity contribution in [2.24, 2.45) is 7.05 Å². The smallest absolute Gasteiger partial charge is 0.309 e. The van der Waals surface area contributed by atoms with E-state index in [1.54, 1.807) is 17.8 Å².